The molecule has 2 rings (SSSR count). The summed E-state index contributed by atoms with van der Waals surface area (Å²) in [6.45, 7) is 0. The Kier molecular flexibility index (Phi) is 4.39. The molecule has 7 nitrogen and oxygen atoms in total. The van der Waals surface area contributed by atoms with Gasteiger partial charge in [-0.05, 0) is 28.1 Å². The van der Waals surface area contributed by atoms with Gasteiger partial charge < -0.3 is 16.2 Å². The zero-order chi connectivity index (χ0) is 15.6. The number of benzene rings is 1. The van der Waals surface area contributed by atoms with Gasteiger partial charge in [0.25, 0.3) is 0 Å². The highest BCUT2D eigenvalue weighted by atomic mass is 79.9. The summed E-state index contributed by atoms with van der Waals surface area (Å²) in [5.74, 6) is -1.65. The highest BCUT2D eigenvalue weighted by Gasteiger charge is 2.21. The molecule has 1 aromatic heterocycles. The number of para-hydroxylation sites is 1. The smallest absolute Gasteiger partial charge is 0.337 e. The van der Waals surface area contributed by atoms with E-state index in [-0.39, 0.29) is 11.3 Å². The molecule has 1 unspecified atom stereocenters. The first-order valence-corrected chi connectivity index (χ1v) is 6.76. The second kappa shape index (κ2) is 6.06. The number of nitrogens with one attached hydrogen (secondary N) is 1. The van der Waals surface area contributed by atoms with Crippen LogP contribution < -0.4 is 11.1 Å². The van der Waals surface area contributed by atoms with Crippen molar-refractivity contribution in [1.29, 1.82) is 0 Å². The van der Waals surface area contributed by atoms with Gasteiger partial charge in [-0.3, -0.25) is 9.48 Å². The van der Waals surface area contributed by atoms with Crippen LogP contribution in [0.5, 0.6) is 0 Å². The lowest BCUT2D eigenvalue weighted by Crippen LogP contribution is -2.28. The van der Waals surface area contributed by atoms with Crippen molar-refractivity contribution in [2.24, 2.45) is 12.8 Å². The third-order valence-corrected chi connectivity index (χ3v) is 3.52. The van der Waals surface area contributed by atoms with E-state index < -0.39 is 17.9 Å². The first-order chi connectivity index (χ1) is 9.90. The molecule has 110 valence electrons. The van der Waals surface area contributed by atoms with Crippen LogP contribution in [-0.2, 0) is 11.8 Å². The predicted molar refractivity (Wildman–Crippen MR) is 79.9 cm³/mol. The second-order valence-electron chi connectivity index (χ2n) is 4.38. The highest BCUT2D eigenvalue weighted by Crippen LogP contribution is 2.27. The Bertz CT molecular complexity index is 698. The molecule has 2 aromatic rings. The van der Waals surface area contributed by atoms with Crippen molar-refractivity contribution in [2.75, 3.05) is 5.32 Å². The molecule has 4 N–H and O–H groups in total. The largest absolute Gasteiger partial charge is 0.478 e. The van der Waals surface area contributed by atoms with Crippen molar-refractivity contribution in [3.8, 4) is 0 Å². The van der Waals surface area contributed by atoms with E-state index in [0.29, 0.717) is 10.0 Å². The number of aromatic nitrogens is 2. The summed E-state index contributed by atoms with van der Waals surface area (Å²) in [4.78, 5) is 23.3. The summed E-state index contributed by atoms with van der Waals surface area (Å²) < 4.78 is 2.00. The molecule has 21 heavy (non-hydrogen) atoms. The molecular weight excluding hydrogens is 340 g/mol. The number of anilines is 1. The maximum absolute atomic E-state index is 12.2. The van der Waals surface area contributed by atoms with Crippen LogP contribution in [-0.4, -0.2) is 26.8 Å². The van der Waals surface area contributed by atoms with Gasteiger partial charge in [0.05, 0.1) is 17.4 Å². The van der Waals surface area contributed by atoms with Crippen molar-refractivity contribution in [3.63, 3.8) is 0 Å². The maximum atomic E-state index is 12.2. The molecule has 0 aliphatic heterocycles. The van der Waals surface area contributed by atoms with Crippen molar-refractivity contribution in [2.45, 2.75) is 6.04 Å². The van der Waals surface area contributed by atoms with Gasteiger partial charge in [0.15, 0.2) is 0 Å². The van der Waals surface area contributed by atoms with Gasteiger partial charge in [-0.25, -0.2) is 4.79 Å². The van der Waals surface area contributed by atoms with Crippen LogP contribution in [0.15, 0.2) is 35.1 Å². The Morgan fingerprint density at radius 2 is 2.19 bits per heavy atom. The standard InChI is InChI=1S/C13H13BrN4O3/c1-18-6-7(5-16-18)10(15)12(19)17-11-8(13(20)21)3-2-4-9(11)14/h2-6,10H,15H2,1H3,(H,17,19)(H,20,21). The Labute approximate surface area is 128 Å². The summed E-state index contributed by atoms with van der Waals surface area (Å²) >= 11 is 3.22. The van der Waals surface area contributed by atoms with Crippen LogP contribution >= 0.6 is 15.9 Å². The number of aryl methyl sites for hydroxylation is 1. The van der Waals surface area contributed by atoms with Crippen molar-refractivity contribution < 1.29 is 14.7 Å². The van der Waals surface area contributed by atoms with Gasteiger partial charge in [0, 0.05) is 23.3 Å². The Hall–Kier alpha value is -2.19. The Morgan fingerprint density at radius 3 is 2.76 bits per heavy atom. The zero-order valence-electron chi connectivity index (χ0n) is 11.1. The van der Waals surface area contributed by atoms with Crippen LogP contribution in [0, 0.1) is 0 Å². The maximum Gasteiger partial charge on any atom is 0.337 e. The van der Waals surface area contributed by atoms with E-state index in [1.54, 1.807) is 25.4 Å². The lowest BCUT2D eigenvalue weighted by atomic mass is 10.1. The number of rotatable bonds is 4. The number of nitrogens with zero attached hydrogens (tertiary/aromatic N) is 2. The van der Waals surface area contributed by atoms with Gasteiger partial charge in [0.1, 0.15) is 6.04 Å². The third-order valence-electron chi connectivity index (χ3n) is 2.86. The normalized spacial score (nSPS) is 12.0. The van der Waals surface area contributed by atoms with Crippen LogP contribution in [0.2, 0.25) is 0 Å². The first kappa shape index (κ1) is 15.2. The minimum atomic E-state index is -1.14. The minimum Gasteiger partial charge on any atom is -0.478 e. The highest BCUT2D eigenvalue weighted by molar-refractivity contribution is 9.10. The van der Waals surface area contributed by atoms with E-state index in [1.807, 2.05) is 0 Å². The average molecular weight is 353 g/mol. The van der Waals surface area contributed by atoms with Crippen molar-refractivity contribution in [1.82, 2.24) is 9.78 Å². The van der Waals surface area contributed by atoms with Crippen LogP contribution in [0.3, 0.4) is 0 Å². The molecule has 0 bridgehead atoms. The van der Waals surface area contributed by atoms with Gasteiger partial charge in [-0.2, -0.15) is 5.10 Å². The summed E-state index contributed by atoms with van der Waals surface area (Å²) in [6, 6.07) is 3.67. The molecule has 0 saturated carbocycles. The van der Waals surface area contributed by atoms with E-state index >= 15 is 0 Å². The number of amides is 1. The fourth-order valence-corrected chi connectivity index (χ4v) is 2.25. The van der Waals surface area contributed by atoms with E-state index in [0.717, 1.165) is 0 Å². The van der Waals surface area contributed by atoms with Crippen molar-refractivity contribution in [3.05, 3.63) is 46.2 Å². The van der Waals surface area contributed by atoms with Crippen molar-refractivity contribution >= 4 is 33.5 Å². The number of aromatic carboxylic acids is 1. The molecule has 1 heterocycles. The Morgan fingerprint density at radius 1 is 1.48 bits per heavy atom. The number of hydrogen-bond donors (Lipinski definition) is 3. The fourth-order valence-electron chi connectivity index (χ4n) is 1.78. The predicted octanol–water partition coefficient (Wildman–Crippen LogP) is 1.52. The Balaban J connectivity index is 2.26. The van der Waals surface area contributed by atoms with Gasteiger partial charge in [-0.15, -0.1) is 0 Å². The number of carboxylic acids is 1. The molecule has 8 heteroatoms. The van der Waals surface area contributed by atoms with Crippen LogP contribution in [0.25, 0.3) is 0 Å². The quantitative estimate of drug-likeness (QED) is 0.772. The number of halogens is 1. The molecule has 0 fully saturated rings. The fraction of sp³-hybridized carbons (Fsp3) is 0.154. The van der Waals surface area contributed by atoms with E-state index in [4.69, 9.17) is 10.8 Å². The van der Waals surface area contributed by atoms with Gasteiger partial charge in [0.2, 0.25) is 5.91 Å². The summed E-state index contributed by atoms with van der Waals surface area (Å²) in [5.41, 5.74) is 6.55. The molecule has 0 saturated heterocycles. The van der Waals surface area contributed by atoms with E-state index in [9.17, 15) is 9.59 Å². The number of carbonyl (C=O) groups is 2. The number of hydrogen-bond acceptors (Lipinski definition) is 4. The molecule has 1 aromatic carbocycles. The second-order valence-corrected chi connectivity index (χ2v) is 5.24. The summed E-state index contributed by atoms with van der Waals surface area (Å²) in [5, 5.41) is 15.6. The lowest BCUT2D eigenvalue weighted by molar-refractivity contribution is -0.117. The third kappa shape index (κ3) is 3.29. The van der Waals surface area contributed by atoms with E-state index in [2.05, 4.69) is 26.3 Å². The monoisotopic (exact) mass is 352 g/mol. The summed E-state index contributed by atoms with van der Waals surface area (Å²) in [6.07, 6.45) is 3.12. The molecule has 0 aliphatic rings. The van der Waals surface area contributed by atoms with Crippen LogP contribution in [0.1, 0.15) is 22.0 Å². The molecule has 1 amide bonds. The first-order valence-electron chi connectivity index (χ1n) is 5.97. The minimum absolute atomic E-state index is 0.0175. The molecule has 0 radical (unpaired) electrons. The molecule has 1 atom stereocenters. The van der Waals surface area contributed by atoms with Gasteiger partial charge in [-0.1, -0.05) is 6.07 Å². The zero-order valence-corrected chi connectivity index (χ0v) is 12.7. The van der Waals surface area contributed by atoms with E-state index in [1.165, 1.54) is 16.9 Å². The molecular formula is C13H13BrN4O3. The number of carbonyl (C=O) groups excluding carboxylic acids is 1. The average Bonchev–Trinajstić information content (AvgIpc) is 2.86. The topological polar surface area (TPSA) is 110 Å². The van der Waals surface area contributed by atoms with Crippen LogP contribution in [0.4, 0.5) is 5.69 Å². The molecule has 0 spiro atoms. The lowest BCUT2D eigenvalue weighted by Gasteiger charge is -2.14. The number of nitrogens with two attached hydrogens (primary N) is 1. The van der Waals surface area contributed by atoms with Gasteiger partial charge >= 0.3 is 5.97 Å². The SMILES string of the molecule is Cn1cc(C(N)C(=O)Nc2c(Br)cccc2C(=O)O)cn1. The molecule has 0 aliphatic carbocycles. The summed E-state index contributed by atoms with van der Waals surface area (Å²) in [7, 11) is 1.71. The number of carboxylic acid groups (broad SMARTS) is 1.